The van der Waals surface area contributed by atoms with Crippen LogP contribution in [0.4, 0.5) is 0 Å². The summed E-state index contributed by atoms with van der Waals surface area (Å²) in [5.41, 5.74) is -1.73. The lowest BCUT2D eigenvalue weighted by molar-refractivity contribution is -0.150. The molecule has 0 radical (unpaired) electrons. The van der Waals surface area contributed by atoms with Gasteiger partial charge in [-0.2, -0.15) is 5.26 Å². The van der Waals surface area contributed by atoms with Gasteiger partial charge in [0.25, 0.3) is 0 Å². The van der Waals surface area contributed by atoms with Gasteiger partial charge < -0.3 is 14.9 Å². The SMILES string of the molecule is CCOc1ccc(C(C#N)(CCC(=O)O)CC(CC)(CC)C(=O)O)cc1Br. The lowest BCUT2D eigenvalue weighted by Gasteiger charge is -2.37. The molecule has 1 rings (SSSR count). The molecule has 148 valence electrons. The molecule has 0 aromatic heterocycles. The van der Waals surface area contributed by atoms with Gasteiger partial charge >= 0.3 is 11.9 Å². The third kappa shape index (κ3) is 5.23. The summed E-state index contributed by atoms with van der Waals surface area (Å²) in [5, 5.41) is 29.0. The van der Waals surface area contributed by atoms with Crippen LogP contribution in [-0.4, -0.2) is 28.8 Å². The Morgan fingerprint density at radius 2 is 1.85 bits per heavy atom. The van der Waals surface area contributed by atoms with E-state index in [2.05, 4.69) is 22.0 Å². The van der Waals surface area contributed by atoms with E-state index >= 15 is 0 Å². The second-order valence-corrected chi connectivity index (χ2v) is 7.49. The molecule has 27 heavy (non-hydrogen) atoms. The molecule has 0 bridgehead atoms. The van der Waals surface area contributed by atoms with Crippen molar-refractivity contribution in [2.75, 3.05) is 6.61 Å². The minimum absolute atomic E-state index is 0.0360. The number of nitrogens with zero attached hydrogens (tertiary/aromatic N) is 1. The highest BCUT2D eigenvalue weighted by atomic mass is 79.9. The zero-order valence-electron chi connectivity index (χ0n) is 15.9. The molecular formula is C20H26BrNO5. The van der Waals surface area contributed by atoms with E-state index in [0.29, 0.717) is 35.2 Å². The molecule has 0 amide bonds. The fourth-order valence-electron chi connectivity index (χ4n) is 3.34. The summed E-state index contributed by atoms with van der Waals surface area (Å²) in [6, 6.07) is 7.43. The first-order chi connectivity index (χ1) is 12.7. The highest BCUT2D eigenvalue weighted by Gasteiger charge is 2.45. The van der Waals surface area contributed by atoms with Gasteiger partial charge in [-0.05, 0) is 66.2 Å². The fourth-order valence-corrected chi connectivity index (χ4v) is 3.84. The van der Waals surface area contributed by atoms with Gasteiger partial charge in [-0.1, -0.05) is 19.9 Å². The van der Waals surface area contributed by atoms with Crippen molar-refractivity contribution < 1.29 is 24.5 Å². The third-order valence-electron chi connectivity index (χ3n) is 5.21. The van der Waals surface area contributed by atoms with Crippen LogP contribution in [0.5, 0.6) is 5.75 Å². The Morgan fingerprint density at radius 1 is 1.22 bits per heavy atom. The van der Waals surface area contributed by atoms with E-state index in [9.17, 15) is 20.0 Å². The van der Waals surface area contributed by atoms with E-state index < -0.39 is 22.8 Å². The van der Waals surface area contributed by atoms with Crippen LogP contribution in [0.3, 0.4) is 0 Å². The van der Waals surface area contributed by atoms with E-state index in [1.165, 1.54) is 0 Å². The highest BCUT2D eigenvalue weighted by molar-refractivity contribution is 9.10. The van der Waals surface area contributed by atoms with Crippen molar-refractivity contribution in [3.05, 3.63) is 28.2 Å². The summed E-state index contributed by atoms with van der Waals surface area (Å²) >= 11 is 3.43. The monoisotopic (exact) mass is 439 g/mol. The second kappa shape index (κ2) is 9.75. The summed E-state index contributed by atoms with van der Waals surface area (Å²) in [5.74, 6) is -1.37. The predicted molar refractivity (Wildman–Crippen MR) is 105 cm³/mol. The number of benzene rings is 1. The van der Waals surface area contributed by atoms with Gasteiger partial charge in [0.15, 0.2) is 0 Å². The van der Waals surface area contributed by atoms with Crippen molar-refractivity contribution in [3.63, 3.8) is 0 Å². The van der Waals surface area contributed by atoms with Crippen molar-refractivity contribution in [1.82, 2.24) is 0 Å². The fraction of sp³-hybridized carbons (Fsp3) is 0.550. The average molecular weight is 440 g/mol. The van der Waals surface area contributed by atoms with E-state index in [1.807, 2.05) is 6.92 Å². The van der Waals surface area contributed by atoms with Gasteiger partial charge in [-0.15, -0.1) is 0 Å². The van der Waals surface area contributed by atoms with E-state index in [0.717, 1.165) is 0 Å². The van der Waals surface area contributed by atoms with E-state index in [1.54, 1.807) is 32.0 Å². The molecule has 0 fully saturated rings. The van der Waals surface area contributed by atoms with Crippen LogP contribution in [0, 0.1) is 16.7 Å². The molecule has 7 heteroatoms. The molecule has 2 N–H and O–H groups in total. The number of nitriles is 1. The molecule has 0 saturated carbocycles. The number of carboxylic acids is 2. The molecule has 0 aliphatic heterocycles. The molecule has 0 aliphatic rings. The molecule has 1 aromatic rings. The number of aliphatic carboxylic acids is 2. The lowest BCUT2D eigenvalue weighted by atomic mass is 9.64. The molecule has 0 saturated heterocycles. The smallest absolute Gasteiger partial charge is 0.309 e. The minimum atomic E-state index is -1.23. The molecule has 0 aliphatic carbocycles. The number of rotatable bonds is 11. The zero-order chi connectivity index (χ0) is 20.7. The largest absolute Gasteiger partial charge is 0.493 e. The van der Waals surface area contributed by atoms with Crippen LogP contribution < -0.4 is 4.74 Å². The Kier molecular flexibility index (Phi) is 8.29. The van der Waals surface area contributed by atoms with E-state index in [4.69, 9.17) is 9.84 Å². The first kappa shape index (κ1) is 23.0. The van der Waals surface area contributed by atoms with Gasteiger partial charge in [0.1, 0.15) is 5.75 Å². The number of ether oxygens (including phenoxy) is 1. The maximum absolute atomic E-state index is 12.0. The normalized spacial score (nSPS) is 13.4. The van der Waals surface area contributed by atoms with Gasteiger partial charge in [0, 0.05) is 6.42 Å². The Morgan fingerprint density at radius 3 is 2.26 bits per heavy atom. The topological polar surface area (TPSA) is 108 Å². The van der Waals surface area contributed by atoms with Crippen LogP contribution >= 0.6 is 15.9 Å². The third-order valence-corrected chi connectivity index (χ3v) is 5.83. The number of carboxylic acid groups (broad SMARTS) is 2. The highest BCUT2D eigenvalue weighted by Crippen LogP contribution is 2.45. The van der Waals surface area contributed by atoms with Crippen molar-refractivity contribution in [2.24, 2.45) is 5.41 Å². The van der Waals surface area contributed by atoms with Crippen LogP contribution in [-0.2, 0) is 15.0 Å². The molecule has 1 aromatic carbocycles. The maximum Gasteiger partial charge on any atom is 0.309 e. The van der Waals surface area contributed by atoms with Crippen molar-refractivity contribution in [1.29, 1.82) is 5.26 Å². The molecule has 1 unspecified atom stereocenters. The quantitative estimate of drug-likeness (QED) is 0.514. The first-order valence-electron chi connectivity index (χ1n) is 8.99. The molecule has 1 atom stereocenters. The van der Waals surface area contributed by atoms with Crippen LogP contribution in [0.2, 0.25) is 0 Å². The van der Waals surface area contributed by atoms with Crippen molar-refractivity contribution in [3.8, 4) is 11.8 Å². The Labute approximate surface area is 168 Å². The predicted octanol–water partition coefficient (Wildman–Crippen LogP) is 4.76. The zero-order valence-corrected chi connectivity index (χ0v) is 17.5. The molecular weight excluding hydrogens is 414 g/mol. The second-order valence-electron chi connectivity index (χ2n) is 6.64. The number of halogens is 1. The summed E-state index contributed by atoms with van der Waals surface area (Å²) in [4.78, 5) is 23.2. The molecule has 0 heterocycles. The Balaban J connectivity index is 3.50. The van der Waals surface area contributed by atoms with Crippen molar-refractivity contribution in [2.45, 2.75) is 58.3 Å². The number of hydrogen-bond donors (Lipinski definition) is 2. The molecule has 6 nitrogen and oxygen atoms in total. The standard InChI is InChI=1S/C20H26BrNO5/c1-4-19(5-2,18(25)26)12-20(13-22,10-9-17(23)24)14-7-8-16(27-6-3)15(21)11-14/h7-8,11H,4-6,9-10,12H2,1-3H3,(H,23,24)(H,25,26). The summed E-state index contributed by atoms with van der Waals surface area (Å²) in [7, 11) is 0. The number of carbonyl (C=O) groups is 2. The minimum Gasteiger partial charge on any atom is -0.493 e. The lowest BCUT2D eigenvalue weighted by Crippen LogP contribution is -2.39. The summed E-state index contributed by atoms with van der Waals surface area (Å²) in [6.45, 7) is 5.90. The van der Waals surface area contributed by atoms with Crippen LogP contribution in [0.15, 0.2) is 22.7 Å². The van der Waals surface area contributed by atoms with Crippen LogP contribution in [0.25, 0.3) is 0 Å². The first-order valence-corrected chi connectivity index (χ1v) is 9.78. The number of hydrogen-bond acceptors (Lipinski definition) is 4. The van der Waals surface area contributed by atoms with Gasteiger partial charge in [0.2, 0.25) is 0 Å². The van der Waals surface area contributed by atoms with Gasteiger partial charge in [-0.3, -0.25) is 9.59 Å². The Bertz CT molecular complexity index is 724. The Hall–Kier alpha value is -2.07. The molecule has 0 spiro atoms. The van der Waals surface area contributed by atoms with Gasteiger partial charge in [-0.25, -0.2) is 0 Å². The summed E-state index contributed by atoms with van der Waals surface area (Å²) < 4.78 is 6.14. The van der Waals surface area contributed by atoms with Crippen molar-refractivity contribution >= 4 is 27.9 Å². The average Bonchev–Trinajstić information content (AvgIpc) is 2.64. The van der Waals surface area contributed by atoms with Gasteiger partial charge in [0.05, 0.1) is 28.0 Å². The maximum atomic E-state index is 12.0. The summed E-state index contributed by atoms with van der Waals surface area (Å²) in [6.07, 6.45) is 0.573. The van der Waals surface area contributed by atoms with Crippen LogP contribution in [0.1, 0.15) is 58.4 Å². The van der Waals surface area contributed by atoms with E-state index in [-0.39, 0.29) is 19.3 Å².